The lowest BCUT2D eigenvalue weighted by Crippen LogP contribution is -2.10. The van der Waals surface area contributed by atoms with Crippen molar-refractivity contribution >= 4 is 35.5 Å². The van der Waals surface area contributed by atoms with Gasteiger partial charge < -0.3 is 9.47 Å². The van der Waals surface area contributed by atoms with Gasteiger partial charge in [0, 0.05) is 0 Å². The summed E-state index contributed by atoms with van der Waals surface area (Å²) in [5.41, 5.74) is 2.64. The topological polar surface area (TPSA) is 65.0 Å². The molecule has 1 heterocycles. The molecule has 3 aromatic carbocycles. The van der Waals surface area contributed by atoms with E-state index in [9.17, 15) is 9.59 Å². The van der Waals surface area contributed by atoms with Crippen LogP contribution in [0.4, 0.5) is 0 Å². The first kappa shape index (κ1) is 19.6. The number of hydrogen-bond acceptors (Lipinski definition) is 5. The van der Waals surface area contributed by atoms with Crippen LogP contribution in [0.15, 0.2) is 83.5 Å². The second-order valence-electron chi connectivity index (χ2n) is 6.59. The van der Waals surface area contributed by atoms with E-state index in [1.807, 2.05) is 19.1 Å². The van der Waals surface area contributed by atoms with Crippen molar-refractivity contribution in [2.75, 3.05) is 0 Å². The van der Waals surface area contributed by atoms with Crippen LogP contribution in [0.2, 0.25) is 5.02 Å². The Morgan fingerprint density at radius 1 is 1.03 bits per heavy atom. The number of rotatable bonds is 4. The molecule has 148 valence electrons. The molecule has 3 aromatic rings. The van der Waals surface area contributed by atoms with Crippen LogP contribution in [0, 0.1) is 6.92 Å². The van der Waals surface area contributed by atoms with Crippen LogP contribution < -0.4 is 4.74 Å². The lowest BCUT2D eigenvalue weighted by atomic mass is 10.1. The second kappa shape index (κ2) is 8.35. The summed E-state index contributed by atoms with van der Waals surface area (Å²) >= 11 is 6.15. The van der Waals surface area contributed by atoms with E-state index in [0.29, 0.717) is 27.5 Å². The first-order chi connectivity index (χ1) is 14.5. The van der Waals surface area contributed by atoms with E-state index in [-0.39, 0.29) is 11.6 Å². The van der Waals surface area contributed by atoms with E-state index >= 15 is 0 Å². The van der Waals surface area contributed by atoms with Crippen LogP contribution in [-0.4, -0.2) is 17.8 Å². The van der Waals surface area contributed by atoms with Gasteiger partial charge in [0.05, 0.1) is 16.1 Å². The summed E-state index contributed by atoms with van der Waals surface area (Å²) in [6, 6.07) is 21.0. The van der Waals surface area contributed by atoms with Crippen LogP contribution in [0.1, 0.15) is 27.0 Å². The Labute approximate surface area is 178 Å². The third-order valence-corrected chi connectivity index (χ3v) is 4.79. The van der Waals surface area contributed by atoms with Gasteiger partial charge in [-0.3, -0.25) is 0 Å². The lowest BCUT2D eigenvalue weighted by molar-refractivity contribution is -0.129. The van der Waals surface area contributed by atoms with Gasteiger partial charge >= 0.3 is 11.9 Å². The van der Waals surface area contributed by atoms with Gasteiger partial charge in [-0.15, -0.1) is 0 Å². The number of hydrogen-bond donors (Lipinski definition) is 0. The lowest BCUT2D eigenvalue weighted by Gasteiger charge is -2.07. The smallest absolute Gasteiger partial charge is 0.363 e. The second-order valence-corrected chi connectivity index (χ2v) is 7.00. The molecule has 0 spiro atoms. The molecular formula is C24H16ClNO4. The summed E-state index contributed by atoms with van der Waals surface area (Å²) in [7, 11) is 0. The molecule has 0 unspecified atom stereocenters. The van der Waals surface area contributed by atoms with Crippen LogP contribution in [0.25, 0.3) is 6.08 Å². The Hall–Kier alpha value is -3.70. The fraction of sp³-hybridized carbons (Fsp3) is 0.0417. The largest absolute Gasteiger partial charge is 0.423 e. The van der Waals surface area contributed by atoms with E-state index in [2.05, 4.69) is 4.99 Å². The molecule has 6 heteroatoms. The number of esters is 2. The van der Waals surface area contributed by atoms with Gasteiger partial charge in [0.1, 0.15) is 5.75 Å². The third-order valence-electron chi connectivity index (χ3n) is 4.46. The van der Waals surface area contributed by atoms with Gasteiger partial charge in [-0.2, -0.15) is 0 Å². The molecule has 0 atom stereocenters. The minimum Gasteiger partial charge on any atom is -0.423 e. The minimum atomic E-state index is -0.577. The molecule has 1 aliphatic heterocycles. The van der Waals surface area contributed by atoms with Crippen LogP contribution in [0.3, 0.4) is 0 Å². The van der Waals surface area contributed by atoms with Gasteiger partial charge in [0.15, 0.2) is 5.70 Å². The van der Waals surface area contributed by atoms with E-state index in [1.165, 1.54) is 0 Å². The van der Waals surface area contributed by atoms with Crippen molar-refractivity contribution in [2.45, 2.75) is 6.92 Å². The molecule has 0 saturated carbocycles. The molecular weight excluding hydrogens is 402 g/mol. The highest BCUT2D eigenvalue weighted by molar-refractivity contribution is 6.34. The molecule has 0 fully saturated rings. The number of carbonyl (C=O) groups is 2. The standard InChI is InChI=1S/C24H16ClNO4/c1-15-7-2-3-10-18(15)23(27)29-17-9-6-8-16(13-17)14-21-24(28)30-22(26-21)19-11-4-5-12-20(19)25/h2-14H,1H3/b21-14-. The Morgan fingerprint density at radius 2 is 1.80 bits per heavy atom. The van der Waals surface area contributed by atoms with Crippen molar-refractivity contribution in [3.63, 3.8) is 0 Å². The number of carbonyl (C=O) groups excluding carboxylic acids is 2. The highest BCUT2D eigenvalue weighted by atomic mass is 35.5. The zero-order valence-electron chi connectivity index (χ0n) is 16.0. The number of aryl methyl sites for hydroxylation is 1. The van der Waals surface area contributed by atoms with Crippen molar-refractivity contribution in [2.24, 2.45) is 4.99 Å². The Kier molecular flexibility index (Phi) is 5.46. The number of nitrogens with zero attached hydrogens (tertiary/aromatic N) is 1. The average molecular weight is 418 g/mol. The van der Waals surface area contributed by atoms with Crippen molar-refractivity contribution < 1.29 is 19.1 Å². The molecule has 30 heavy (non-hydrogen) atoms. The molecule has 0 amide bonds. The quantitative estimate of drug-likeness (QED) is 0.332. The van der Waals surface area contributed by atoms with Crippen molar-refractivity contribution in [1.29, 1.82) is 0 Å². The molecule has 0 bridgehead atoms. The zero-order valence-corrected chi connectivity index (χ0v) is 16.7. The molecule has 0 radical (unpaired) electrons. The molecule has 0 N–H and O–H groups in total. The predicted molar refractivity (Wildman–Crippen MR) is 115 cm³/mol. The van der Waals surface area contributed by atoms with E-state index in [4.69, 9.17) is 21.1 Å². The molecule has 4 rings (SSSR count). The molecule has 0 aromatic heterocycles. The summed E-state index contributed by atoms with van der Waals surface area (Å²) in [6.45, 7) is 1.84. The van der Waals surface area contributed by atoms with Crippen LogP contribution in [0.5, 0.6) is 5.75 Å². The van der Waals surface area contributed by atoms with E-state index in [1.54, 1.807) is 66.7 Å². The summed E-state index contributed by atoms with van der Waals surface area (Å²) in [6.07, 6.45) is 1.57. The number of halogens is 1. The maximum Gasteiger partial charge on any atom is 0.363 e. The fourth-order valence-electron chi connectivity index (χ4n) is 2.95. The monoisotopic (exact) mass is 417 g/mol. The minimum absolute atomic E-state index is 0.132. The van der Waals surface area contributed by atoms with E-state index in [0.717, 1.165) is 5.56 Å². The molecule has 5 nitrogen and oxygen atoms in total. The average Bonchev–Trinajstić information content (AvgIpc) is 3.09. The predicted octanol–water partition coefficient (Wildman–Crippen LogP) is 5.21. The third kappa shape index (κ3) is 4.16. The first-order valence-electron chi connectivity index (χ1n) is 9.16. The van der Waals surface area contributed by atoms with Gasteiger partial charge in [-0.1, -0.05) is 54.1 Å². The van der Waals surface area contributed by atoms with Crippen LogP contribution in [-0.2, 0) is 9.53 Å². The van der Waals surface area contributed by atoms with Gasteiger partial charge in [0.25, 0.3) is 0 Å². The van der Waals surface area contributed by atoms with Crippen molar-refractivity contribution in [3.8, 4) is 5.75 Å². The highest BCUT2D eigenvalue weighted by Gasteiger charge is 2.25. The Bertz CT molecular complexity index is 1210. The highest BCUT2D eigenvalue weighted by Crippen LogP contribution is 2.25. The van der Waals surface area contributed by atoms with Gasteiger partial charge in [-0.25, -0.2) is 14.6 Å². The van der Waals surface area contributed by atoms with Gasteiger partial charge in [0.2, 0.25) is 5.90 Å². The Morgan fingerprint density at radius 3 is 2.60 bits per heavy atom. The zero-order chi connectivity index (χ0) is 21.1. The molecule has 0 aliphatic carbocycles. The molecule has 1 aliphatic rings. The normalized spacial score (nSPS) is 14.4. The van der Waals surface area contributed by atoms with Crippen LogP contribution >= 0.6 is 11.6 Å². The van der Waals surface area contributed by atoms with Crippen molar-refractivity contribution in [3.05, 3.63) is 106 Å². The van der Waals surface area contributed by atoms with E-state index < -0.39 is 11.9 Å². The maximum atomic E-state index is 12.4. The summed E-state index contributed by atoms with van der Waals surface area (Å²) in [5.74, 6) is -0.511. The van der Waals surface area contributed by atoms with Gasteiger partial charge in [-0.05, 0) is 54.5 Å². The molecule has 0 saturated heterocycles. The number of ether oxygens (including phenoxy) is 2. The summed E-state index contributed by atoms with van der Waals surface area (Å²) in [5, 5.41) is 0.440. The number of cyclic esters (lactones) is 1. The number of aliphatic imine (C=N–C) groups is 1. The Balaban J connectivity index is 1.58. The SMILES string of the molecule is Cc1ccccc1C(=O)Oc1cccc(/C=C2\N=C(c3ccccc3Cl)OC2=O)c1. The maximum absolute atomic E-state index is 12.4. The number of benzene rings is 3. The summed E-state index contributed by atoms with van der Waals surface area (Å²) < 4.78 is 10.7. The fourth-order valence-corrected chi connectivity index (χ4v) is 3.17. The first-order valence-corrected chi connectivity index (χ1v) is 9.54. The summed E-state index contributed by atoms with van der Waals surface area (Å²) in [4.78, 5) is 28.9. The van der Waals surface area contributed by atoms with Crippen molar-refractivity contribution in [1.82, 2.24) is 0 Å².